The van der Waals surface area contributed by atoms with Crippen LogP contribution in [-0.4, -0.2) is 21.8 Å². The van der Waals surface area contributed by atoms with Crippen molar-refractivity contribution in [1.29, 1.82) is 0 Å². The molecule has 158 valence electrons. The fraction of sp³-hybridized carbons (Fsp3) is 0.333. The van der Waals surface area contributed by atoms with E-state index in [1.165, 1.54) is 5.56 Å². The molecule has 3 aromatic rings. The quantitative estimate of drug-likeness (QED) is 0.357. The third-order valence-electron chi connectivity index (χ3n) is 4.78. The molecular formula is C24H27BrN2O2S. The van der Waals surface area contributed by atoms with Crippen molar-refractivity contribution in [2.24, 2.45) is 0 Å². The van der Waals surface area contributed by atoms with Gasteiger partial charge in [0.1, 0.15) is 17.4 Å². The van der Waals surface area contributed by atoms with E-state index in [4.69, 9.17) is 9.72 Å². The number of rotatable bonds is 8. The second-order valence-electron chi connectivity index (χ2n) is 7.75. The number of para-hydroxylation sites is 1. The summed E-state index contributed by atoms with van der Waals surface area (Å²) in [4.78, 5) is 19.6. The standard InChI is InChI=1S/C24H27BrN2O2S/c1-16(2)21-10-5-6-11-22(21)29-14-23-26-20(15-30-23)13-27(17(3)4)24(28)18-8-7-9-19(25)12-18/h5-12,15-17H,13-14H2,1-4H3. The molecule has 0 spiro atoms. The number of amides is 1. The third-order valence-corrected chi connectivity index (χ3v) is 6.14. The van der Waals surface area contributed by atoms with Crippen molar-refractivity contribution in [3.05, 3.63) is 80.2 Å². The molecule has 0 atom stereocenters. The fourth-order valence-corrected chi connectivity index (χ4v) is 4.26. The Balaban J connectivity index is 1.68. The number of ether oxygens (including phenoxy) is 1. The maximum atomic E-state index is 13.0. The summed E-state index contributed by atoms with van der Waals surface area (Å²) < 4.78 is 6.94. The Labute approximate surface area is 191 Å². The minimum atomic E-state index is 0.00274. The molecule has 0 aliphatic rings. The van der Waals surface area contributed by atoms with Crippen LogP contribution in [0.5, 0.6) is 5.75 Å². The van der Waals surface area contributed by atoms with Gasteiger partial charge in [-0.3, -0.25) is 4.79 Å². The lowest BCUT2D eigenvalue weighted by atomic mass is 10.0. The van der Waals surface area contributed by atoms with Crippen molar-refractivity contribution < 1.29 is 9.53 Å². The highest BCUT2D eigenvalue weighted by atomic mass is 79.9. The maximum absolute atomic E-state index is 13.0. The molecule has 0 fully saturated rings. The molecule has 4 nitrogen and oxygen atoms in total. The summed E-state index contributed by atoms with van der Waals surface area (Å²) in [5, 5.41) is 2.92. The molecule has 0 unspecified atom stereocenters. The summed E-state index contributed by atoms with van der Waals surface area (Å²) >= 11 is 5.01. The van der Waals surface area contributed by atoms with Crippen LogP contribution in [0.1, 0.15) is 60.2 Å². The predicted molar refractivity (Wildman–Crippen MR) is 126 cm³/mol. The Morgan fingerprint density at radius 3 is 2.60 bits per heavy atom. The van der Waals surface area contributed by atoms with E-state index in [9.17, 15) is 4.79 Å². The van der Waals surface area contributed by atoms with Gasteiger partial charge in [0.15, 0.2) is 0 Å². The van der Waals surface area contributed by atoms with Gasteiger partial charge in [-0.2, -0.15) is 0 Å². The highest BCUT2D eigenvalue weighted by Crippen LogP contribution is 2.27. The van der Waals surface area contributed by atoms with E-state index in [2.05, 4.69) is 35.8 Å². The van der Waals surface area contributed by atoms with Crippen molar-refractivity contribution in [3.8, 4) is 5.75 Å². The second kappa shape index (κ2) is 10.2. The number of nitrogens with zero attached hydrogens (tertiary/aromatic N) is 2. The average molecular weight is 487 g/mol. The number of thiazole rings is 1. The van der Waals surface area contributed by atoms with Crippen LogP contribution in [0.2, 0.25) is 0 Å². The lowest BCUT2D eigenvalue weighted by molar-refractivity contribution is 0.0688. The molecular weight excluding hydrogens is 460 g/mol. The smallest absolute Gasteiger partial charge is 0.254 e. The van der Waals surface area contributed by atoms with Gasteiger partial charge in [0.25, 0.3) is 5.91 Å². The summed E-state index contributed by atoms with van der Waals surface area (Å²) in [5.41, 5.74) is 2.75. The van der Waals surface area contributed by atoms with Crippen molar-refractivity contribution >= 4 is 33.2 Å². The van der Waals surface area contributed by atoms with Gasteiger partial charge in [-0.05, 0) is 49.6 Å². The first kappa shape index (κ1) is 22.5. The van der Waals surface area contributed by atoms with Crippen LogP contribution in [0.4, 0.5) is 0 Å². The van der Waals surface area contributed by atoms with Gasteiger partial charge in [0.05, 0.1) is 12.2 Å². The van der Waals surface area contributed by atoms with Crippen molar-refractivity contribution in [2.75, 3.05) is 0 Å². The first-order valence-corrected chi connectivity index (χ1v) is 11.7. The molecule has 6 heteroatoms. The van der Waals surface area contributed by atoms with Crippen molar-refractivity contribution in [3.63, 3.8) is 0 Å². The highest BCUT2D eigenvalue weighted by Gasteiger charge is 2.20. The van der Waals surface area contributed by atoms with Gasteiger partial charge >= 0.3 is 0 Å². The lowest BCUT2D eigenvalue weighted by Crippen LogP contribution is -2.36. The number of aromatic nitrogens is 1. The topological polar surface area (TPSA) is 42.4 Å². The molecule has 0 bridgehead atoms. The Kier molecular flexibility index (Phi) is 7.67. The highest BCUT2D eigenvalue weighted by molar-refractivity contribution is 9.10. The predicted octanol–water partition coefficient (Wildman–Crippen LogP) is 6.66. The van der Waals surface area contributed by atoms with Crippen LogP contribution in [0.25, 0.3) is 0 Å². The molecule has 30 heavy (non-hydrogen) atoms. The summed E-state index contributed by atoms with van der Waals surface area (Å²) in [6.07, 6.45) is 0. The zero-order valence-electron chi connectivity index (χ0n) is 17.8. The molecule has 0 aliphatic carbocycles. The Bertz CT molecular complexity index is 1000. The van der Waals surface area contributed by atoms with E-state index in [0.717, 1.165) is 20.9 Å². The summed E-state index contributed by atoms with van der Waals surface area (Å²) in [7, 11) is 0. The maximum Gasteiger partial charge on any atom is 0.254 e. The van der Waals surface area contributed by atoms with Crippen LogP contribution in [-0.2, 0) is 13.2 Å². The van der Waals surface area contributed by atoms with E-state index in [-0.39, 0.29) is 11.9 Å². The fourth-order valence-electron chi connectivity index (χ4n) is 3.17. The summed E-state index contributed by atoms with van der Waals surface area (Å²) in [6.45, 7) is 9.26. The minimum absolute atomic E-state index is 0.00274. The molecule has 1 aromatic heterocycles. The van der Waals surface area contributed by atoms with Crippen LogP contribution < -0.4 is 4.74 Å². The molecule has 0 saturated carbocycles. The average Bonchev–Trinajstić information content (AvgIpc) is 3.17. The zero-order valence-corrected chi connectivity index (χ0v) is 20.2. The van der Waals surface area contributed by atoms with Crippen molar-refractivity contribution in [2.45, 2.75) is 52.8 Å². The number of halogens is 1. The number of hydrogen-bond donors (Lipinski definition) is 0. The Hall–Kier alpha value is -2.18. The van der Waals surface area contributed by atoms with Crippen molar-refractivity contribution in [1.82, 2.24) is 9.88 Å². The van der Waals surface area contributed by atoms with Crippen LogP contribution in [0, 0.1) is 0 Å². The van der Waals surface area contributed by atoms with E-state index in [1.807, 2.05) is 66.6 Å². The summed E-state index contributed by atoms with van der Waals surface area (Å²) in [6, 6.07) is 15.7. The molecule has 1 heterocycles. The summed E-state index contributed by atoms with van der Waals surface area (Å²) in [5.74, 6) is 1.30. The molecule has 0 N–H and O–H groups in total. The Morgan fingerprint density at radius 2 is 1.90 bits per heavy atom. The molecule has 0 aliphatic heterocycles. The largest absolute Gasteiger partial charge is 0.486 e. The van der Waals surface area contributed by atoms with Gasteiger partial charge in [-0.25, -0.2) is 4.98 Å². The third kappa shape index (κ3) is 5.70. The molecule has 0 radical (unpaired) electrons. The first-order valence-electron chi connectivity index (χ1n) is 10.1. The van der Waals surface area contributed by atoms with E-state index < -0.39 is 0 Å². The van der Waals surface area contributed by atoms with Crippen LogP contribution >= 0.6 is 27.3 Å². The molecule has 0 saturated heterocycles. The SMILES string of the molecule is CC(C)c1ccccc1OCc1nc(CN(C(=O)c2cccc(Br)c2)C(C)C)cs1. The van der Waals surface area contributed by atoms with Gasteiger partial charge in [0.2, 0.25) is 0 Å². The second-order valence-corrected chi connectivity index (χ2v) is 9.61. The molecule has 2 aromatic carbocycles. The first-order chi connectivity index (χ1) is 14.3. The number of carbonyl (C=O) groups excluding carboxylic acids is 1. The van der Waals surface area contributed by atoms with Gasteiger partial charge in [-0.15, -0.1) is 11.3 Å². The van der Waals surface area contributed by atoms with Crippen LogP contribution in [0.15, 0.2) is 58.4 Å². The Morgan fingerprint density at radius 1 is 1.13 bits per heavy atom. The minimum Gasteiger partial charge on any atom is -0.486 e. The normalized spacial score (nSPS) is 11.2. The molecule has 3 rings (SSSR count). The van der Waals surface area contributed by atoms with E-state index >= 15 is 0 Å². The molecule has 1 amide bonds. The number of hydrogen-bond acceptors (Lipinski definition) is 4. The monoisotopic (exact) mass is 486 g/mol. The van der Waals surface area contributed by atoms with Gasteiger partial charge in [0, 0.05) is 21.5 Å². The van der Waals surface area contributed by atoms with E-state index in [1.54, 1.807) is 11.3 Å². The zero-order chi connectivity index (χ0) is 21.7. The number of carbonyl (C=O) groups is 1. The van der Waals surface area contributed by atoms with Gasteiger partial charge in [-0.1, -0.05) is 54.0 Å². The van der Waals surface area contributed by atoms with Gasteiger partial charge < -0.3 is 9.64 Å². The number of benzene rings is 2. The van der Waals surface area contributed by atoms with Crippen LogP contribution in [0.3, 0.4) is 0 Å². The van der Waals surface area contributed by atoms with E-state index in [0.29, 0.717) is 24.6 Å². The lowest BCUT2D eigenvalue weighted by Gasteiger charge is -2.26.